The zero-order chi connectivity index (χ0) is 37.2. The average Bonchev–Trinajstić information content (AvgIpc) is 3.08. The molecule has 1 unspecified atom stereocenters. The second-order valence-corrected chi connectivity index (χ2v) is 14.5. The van der Waals surface area contributed by atoms with Crippen LogP contribution in [0.2, 0.25) is 0 Å². The Balaban J connectivity index is 1.56. The van der Waals surface area contributed by atoms with Gasteiger partial charge >= 0.3 is 6.18 Å². The lowest BCUT2D eigenvalue weighted by Gasteiger charge is -2.43. The predicted octanol–water partition coefficient (Wildman–Crippen LogP) is 8.66. The number of nitrogens with zero attached hydrogens (tertiary/aromatic N) is 2. The van der Waals surface area contributed by atoms with E-state index in [4.69, 9.17) is 9.47 Å². The predicted molar refractivity (Wildman–Crippen MR) is 201 cm³/mol. The van der Waals surface area contributed by atoms with Crippen molar-refractivity contribution in [1.29, 1.82) is 0 Å². The van der Waals surface area contributed by atoms with Crippen LogP contribution in [-0.2, 0) is 12.7 Å². The zero-order valence-corrected chi connectivity index (χ0v) is 31.5. The van der Waals surface area contributed by atoms with Crippen LogP contribution in [0.15, 0.2) is 60.7 Å². The van der Waals surface area contributed by atoms with Gasteiger partial charge in [0, 0.05) is 63.1 Å². The molecular weight excluding hydrogens is 653 g/mol. The Hall–Kier alpha value is -3.76. The number of amides is 1. The van der Waals surface area contributed by atoms with E-state index in [1.54, 1.807) is 11.8 Å². The van der Waals surface area contributed by atoms with Crippen molar-refractivity contribution in [2.75, 3.05) is 57.4 Å². The number of ether oxygens (including phenoxy) is 2. The number of hydrogen-bond donors (Lipinski definition) is 2. The van der Waals surface area contributed by atoms with Crippen LogP contribution in [0.3, 0.4) is 0 Å². The Labute approximate surface area is 302 Å². The number of hydrogen-bond acceptors (Lipinski definition) is 6. The highest BCUT2D eigenvalue weighted by Gasteiger charge is 2.38. The summed E-state index contributed by atoms with van der Waals surface area (Å²) >= 11 is 0. The third kappa shape index (κ3) is 10.9. The maximum absolute atomic E-state index is 14.1. The number of alkyl halides is 3. The van der Waals surface area contributed by atoms with Crippen LogP contribution in [0.1, 0.15) is 82.8 Å². The molecule has 10 heteroatoms. The van der Waals surface area contributed by atoms with Crippen molar-refractivity contribution in [2.24, 2.45) is 11.3 Å². The topological polar surface area (TPSA) is 66.1 Å². The smallest absolute Gasteiger partial charge is 0.417 e. The van der Waals surface area contributed by atoms with Crippen LogP contribution in [0.4, 0.5) is 18.9 Å². The average molecular weight is 711 g/mol. The molecule has 7 nitrogen and oxygen atoms in total. The summed E-state index contributed by atoms with van der Waals surface area (Å²) in [5.74, 6) is 0.954. The summed E-state index contributed by atoms with van der Waals surface area (Å²) in [5, 5.41) is 7.26. The summed E-state index contributed by atoms with van der Waals surface area (Å²) in [6.07, 6.45) is -2.81. The molecule has 1 saturated heterocycles. The number of piperazine rings is 1. The van der Waals surface area contributed by atoms with Crippen molar-refractivity contribution in [3.8, 4) is 22.6 Å². The number of anilines is 1. The summed E-state index contributed by atoms with van der Waals surface area (Å²) < 4.78 is 53.6. The van der Waals surface area contributed by atoms with Crippen LogP contribution >= 0.6 is 0 Å². The molecule has 51 heavy (non-hydrogen) atoms. The van der Waals surface area contributed by atoms with Crippen molar-refractivity contribution in [2.45, 2.75) is 80.1 Å². The van der Waals surface area contributed by atoms with E-state index in [-0.39, 0.29) is 29.4 Å². The number of rotatable bonds is 17. The fourth-order valence-electron chi connectivity index (χ4n) is 7.24. The fraction of sp³-hybridized carbons (Fsp3) is 0.537. The molecule has 1 heterocycles. The molecule has 3 aromatic rings. The Kier molecular flexibility index (Phi) is 14.2. The monoisotopic (exact) mass is 710 g/mol. The van der Waals surface area contributed by atoms with Gasteiger partial charge < -0.3 is 29.9 Å². The number of para-hydroxylation sites is 1. The zero-order valence-electron chi connectivity index (χ0n) is 31.5. The van der Waals surface area contributed by atoms with Crippen LogP contribution < -0.4 is 25.0 Å². The fourth-order valence-corrected chi connectivity index (χ4v) is 7.24. The van der Waals surface area contributed by atoms with Gasteiger partial charge in [-0.05, 0) is 85.5 Å². The SMILES string of the molecule is CCOc1ccc(C(=O)N2CCN(c3ccc(-c4ccccc4OCC)cc3CNCCNCC(C)(C)CC(C)C)C(CC)C2)c(C(F)(F)F)c1. The minimum absolute atomic E-state index is 0.0788. The van der Waals surface area contributed by atoms with Gasteiger partial charge in [-0.2, -0.15) is 13.2 Å². The standard InChI is InChI=1S/C41H57F3N4O3/c1-8-32-27-47(39(49)35-17-16-33(50-9-2)24-36(35)41(42,43)44)21-22-48(32)37-18-15-30(34-13-11-12-14-38(34)51-10-3)23-31(37)26-45-19-20-46-28-40(6,7)25-29(4)5/h11-18,23-24,29,32,45-46H,8-10,19-22,25-28H2,1-7H3. The molecule has 1 amide bonds. The van der Waals surface area contributed by atoms with E-state index in [0.717, 1.165) is 66.7 Å². The molecule has 280 valence electrons. The van der Waals surface area contributed by atoms with Crippen LogP contribution in [0, 0.1) is 11.3 Å². The van der Waals surface area contributed by atoms with E-state index in [0.29, 0.717) is 38.7 Å². The molecule has 0 aliphatic carbocycles. The Morgan fingerprint density at radius 3 is 2.33 bits per heavy atom. The summed E-state index contributed by atoms with van der Waals surface area (Å²) in [6.45, 7) is 20.0. The number of halogens is 3. The summed E-state index contributed by atoms with van der Waals surface area (Å²) in [7, 11) is 0. The Morgan fingerprint density at radius 1 is 0.922 bits per heavy atom. The highest BCUT2D eigenvalue weighted by molar-refractivity contribution is 5.96. The Morgan fingerprint density at radius 2 is 1.65 bits per heavy atom. The lowest BCUT2D eigenvalue weighted by atomic mass is 9.84. The highest BCUT2D eigenvalue weighted by Crippen LogP contribution is 2.37. The van der Waals surface area contributed by atoms with Gasteiger partial charge in [0.2, 0.25) is 0 Å². The molecule has 0 bridgehead atoms. The van der Waals surface area contributed by atoms with Gasteiger partial charge in [-0.15, -0.1) is 0 Å². The van der Waals surface area contributed by atoms with Crippen molar-refractivity contribution < 1.29 is 27.4 Å². The first kappa shape index (κ1) is 40.0. The lowest BCUT2D eigenvalue weighted by molar-refractivity contribution is -0.138. The van der Waals surface area contributed by atoms with E-state index in [1.165, 1.54) is 12.1 Å². The molecule has 1 atom stereocenters. The molecule has 0 radical (unpaired) electrons. The van der Waals surface area contributed by atoms with Crippen LogP contribution in [0.5, 0.6) is 11.5 Å². The maximum atomic E-state index is 14.1. The normalized spacial score (nSPS) is 15.4. The van der Waals surface area contributed by atoms with Gasteiger partial charge in [-0.25, -0.2) is 0 Å². The number of nitrogens with one attached hydrogen (secondary N) is 2. The molecule has 0 aromatic heterocycles. The molecule has 1 aliphatic rings. The molecule has 1 fully saturated rings. The molecule has 1 aliphatic heterocycles. The third-order valence-corrected chi connectivity index (χ3v) is 9.32. The second-order valence-electron chi connectivity index (χ2n) is 14.5. The second kappa shape index (κ2) is 18.1. The minimum atomic E-state index is -4.69. The van der Waals surface area contributed by atoms with Crippen molar-refractivity contribution in [3.63, 3.8) is 0 Å². The van der Waals surface area contributed by atoms with Crippen LogP contribution in [0.25, 0.3) is 11.1 Å². The molecule has 3 aromatic carbocycles. The number of carbonyl (C=O) groups excluding carboxylic acids is 1. The van der Waals surface area contributed by atoms with Gasteiger partial charge in [-0.3, -0.25) is 4.79 Å². The van der Waals surface area contributed by atoms with Gasteiger partial charge in [-0.1, -0.05) is 58.9 Å². The van der Waals surface area contributed by atoms with Crippen LogP contribution in [-0.4, -0.2) is 69.3 Å². The van der Waals surface area contributed by atoms with Crippen molar-refractivity contribution in [1.82, 2.24) is 15.5 Å². The molecule has 0 saturated carbocycles. The number of benzene rings is 3. The summed E-state index contributed by atoms with van der Waals surface area (Å²) in [5.41, 5.74) is 3.14. The molecule has 4 rings (SSSR count). The van der Waals surface area contributed by atoms with Crippen molar-refractivity contribution >= 4 is 11.6 Å². The Bertz CT molecular complexity index is 1580. The molecule has 0 spiro atoms. The maximum Gasteiger partial charge on any atom is 0.417 e. The van der Waals surface area contributed by atoms with Gasteiger partial charge in [0.05, 0.1) is 24.3 Å². The van der Waals surface area contributed by atoms with Gasteiger partial charge in [0.15, 0.2) is 0 Å². The van der Waals surface area contributed by atoms with Crippen molar-refractivity contribution in [3.05, 3.63) is 77.4 Å². The highest BCUT2D eigenvalue weighted by atomic mass is 19.4. The van der Waals surface area contributed by atoms with E-state index in [9.17, 15) is 18.0 Å². The quantitative estimate of drug-likeness (QED) is 0.137. The third-order valence-electron chi connectivity index (χ3n) is 9.32. The molecule has 2 N–H and O–H groups in total. The first-order valence-electron chi connectivity index (χ1n) is 18.4. The van der Waals surface area contributed by atoms with E-state index >= 15 is 0 Å². The number of carbonyl (C=O) groups is 1. The van der Waals surface area contributed by atoms with Gasteiger partial charge in [0.25, 0.3) is 5.91 Å². The molecular formula is C41H57F3N4O3. The minimum Gasteiger partial charge on any atom is -0.494 e. The van der Waals surface area contributed by atoms with Gasteiger partial charge in [0.1, 0.15) is 11.5 Å². The largest absolute Gasteiger partial charge is 0.494 e. The lowest BCUT2D eigenvalue weighted by Crippen LogP contribution is -2.55. The van der Waals surface area contributed by atoms with E-state index in [2.05, 4.69) is 74.4 Å². The summed E-state index contributed by atoms with van der Waals surface area (Å²) in [6, 6.07) is 18.0. The van der Waals surface area contributed by atoms with E-state index < -0.39 is 17.6 Å². The van der Waals surface area contributed by atoms with E-state index in [1.807, 2.05) is 25.1 Å². The first-order valence-corrected chi connectivity index (χ1v) is 18.4. The first-order chi connectivity index (χ1) is 24.3. The summed E-state index contributed by atoms with van der Waals surface area (Å²) in [4.78, 5) is 17.6.